The maximum Gasteiger partial charge on any atom is 0.261 e. The number of benzene rings is 3. The zero-order valence-electron chi connectivity index (χ0n) is 19.5. The third-order valence-electron chi connectivity index (χ3n) is 5.62. The average Bonchev–Trinajstić information content (AvgIpc) is 2.89. The standard InChI is InChI=1S/C28H27N3O3S/c1-2-22-12-8-14-25(18-22)35(33,34)30-27-16-7-6-15-26(27)28(32)31(20-23-10-4-3-5-11-23)21-24-13-9-17-29-19-24/h3-19,30H,2,20-21H2,1H3. The molecule has 178 valence electrons. The van der Waals surface area contributed by atoms with E-state index in [4.69, 9.17) is 0 Å². The lowest BCUT2D eigenvalue weighted by atomic mass is 10.1. The molecular formula is C28H27N3O3S. The number of aromatic nitrogens is 1. The van der Waals surface area contributed by atoms with Crippen molar-refractivity contribution in [2.45, 2.75) is 31.3 Å². The van der Waals surface area contributed by atoms with Gasteiger partial charge in [-0.3, -0.25) is 14.5 Å². The summed E-state index contributed by atoms with van der Waals surface area (Å²) in [6.07, 6.45) is 4.13. The molecule has 0 aliphatic rings. The fourth-order valence-electron chi connectivity index (χ4n) is 3.78. The Morgan fingerprint density at radius 1 is 0.829 bits per heavy atom. The summed E-state index contributed by atoms with van der Waals surface area (Å²) < 4.78 is 28.9. The lowest BCUT2D eigenvalue weighted by Gasteiger charge is -2.24. The van der Waals surface area contributed by atoms with Gasteiger partial charge >= 0.3 is 0 Å². The van der Waals surface area contributed by atoms with Crippen molar-refractivity contribution in [3.05, 3.63) is 126 Å². The number of para-hydroxylation sites is 1. The summed E-state index contributed by atoms with van der Waals surface area (Å²) in [4.78, 5) is 19.8. The molecule has 1 heterocycles. The Labute approximate surface area is 206 Å². The number of carbonyl (C=O) groups excluding carboxylic acids is 1. The van der Waals surface area contributed by atoms with E-state index in [1.54, 1.807) is 59.8 Å². The highest BCUT2D eigenvalue weighted by molar-refractivity contribution is 7.92. The molecule has 0 aliphatic carbocycles. The highest BCUT2D eigenvalue weighted by Gasteiger charge is 2.23. The van der Waals surface area contributed by atoms with Crippen molar-refractivity contribution in [1.29, 1.82) is 0 Å². The fraction of sp³-hybridized carbons (Fsp3) is 0.143. The molecule has 0 atom stereocenters. The van der Waals surface area contributed by atoms with Crippen LogP contribution in [0.25, 0.3) is 0 Å². The van der Waals surface area contributed by atoms with E-state index in [1.807, 2.05) is 55.5 Å². The third kappa shape index (κ3) is 6.13. The third-order valence-corrected chi connectivity index (χ3v) is 6.98. The summed E-state index contributed by atoms with van der Waals surface area (Å²) in [5.41, 5.74) is 3.29. The largest absolute Gasteiger partial charge is 0.330 e. The number of amides is 1. The molecule has 3 aromatic carbocycles. The summed E-state index contributed by atoms with van der Waals surface area (Å²) in [5, 5.41) is 0. The number of aryl methyl sites for hydroxylation is 1. The molecule has 4 rings (SSSR count). The Morgan fingerprint density at radius 3 is 2.26 bits per heavy atom. The average molecular weight is 486 g/mol. The van der Waals surface area contributed by atoms with E-state index in [9.17, 15) is 13.2 Å². The van der Waals surface area contributed by atoms with Crippen LogP contribution in [0, 0.1) is 0 Å². The van der Waals surface area contributed by atoms with Gasteiger partial charge in [-0.15, -0.1) is 0 Å². The SMILES string of the molecule is CCc1cccc(S(=O)(=O)Nc2ccccc2C(=O)N(Cc2ccccc2)Cc2cccnc2)c1. The van der Waals surface area contributed by atoms with Gasteiger partial charge in [0.25, 0.3) is 15.9 Å². The molecule has 35 heavy (non-hydrogen) atoms. The molecule has 0 saturated heterocycles. The van der Waals surface area contributed by atoms with Crippen LogP contribution in [0.1, 0.15) is 34.0 Å². The zero-order valence-corrected chi connectivity index (χ0v) is 20.3. The Bertz CT molecular complexity index is 1350. The van der Waals surface area contributed by atoms with Gasteiger partial charge in [0.1, 0.15) is 0 Å². The number of hydrogen-bond acceptors (Lipinski definition) is 4. The lowest BCUT2D eigenvalue weighted by Crippen LogP contribution is -2.31. The molecule has 0 bridgehead atoms. The van der Waals surface area contributed by atoms with Crippen LogP contribution in [-0.2, 0) is 29.5 Å². The molecule has 0 aliphatic heterocycles. The van der Waals surface area contributed by atoms with Gasteiger partial charge in [0, 0.05) is 25.5 Å². The summed E-state index contributed by atoms with van der Waals surface area (Å²) in [7, 11) is -3.88. The molecule has 0 spiro atoms. The van der Waals surface area contributed by atoms with E-state index in [0.717, 1.165) is 23.1 Å². The van der Waals surface area contributed by atoms with Gasteiger partial charge in [0.15, 0.2) is 0 Å². The minimum absolute atomic E-state index is 0.163. The molecule has 7 heteroatoms. The molecule has 1 amide bonds. The molecule has 1 aromatic heterocycles. The zero-order chi connectivity index (χ0) is 24.7. The molecule has 6 nitrogen and oxygen atoms in total. The molecule has 0 fully saturated rings. The highest BCUT2D eigenvalue weighted by atomic mass is 32.2. The molecule has 0 radical (unpaired) electrons. The number of sulfonamides is 1. The van der Waals surface area contributed by atoms with E-state index in [-0.39, 0.29) is 22.1 Å². The Hall–Kier alpha value is -3.97. The first-order valence-electron chi connectivity index (χ1n) is 11.4. The van der Waals surface area contributed by atoms with E-state index < -0.39 is 10.0 Å². The van der Waals surface area contributed by atoms with Gasteiger partial charge in [-0.05, 0) is 53.4 Å². The molecule has 1 N–H and O–H groups in total. The maximum atomic E-state index is 13.8. The number of carbonyl (C=O) groups is 1. The first kappa shape index (κ1) is 24.2. The summed E-state index contributed by atoms with van der Waals surface area (Å²) in [5.74, 6) is -0.279. The van der Waals surface area contributed by atoms with Crippen molar-refractivity contribution >= 4 is 21.6 Å². The second-order valence-electron chi connectivity index (χ2n) is 8.16. The summed E-state index contributed by atoms with van der Waals surface area (Å²) >= 11 is 0. The first-order valence-corrected chi connectivity index (χ1v) is 12.9. The number of rotatable bonds is 9. The normalized spacial score (nSPS) is 11.1. The number of nitrogens with one attached hydrogen (secondary N) is 1. The second-order valence-corrected chi connectivity index (χ2v) is 9.84. The van der Waals surface area contributed by atoms with E-state index in [0.29, 0.717) is 13.1 Å². The second kappa shape index (κ2) is 11.0. The van der Waals surface area contributed by atoms with Crippen LogP contribution in [-0.4, -0.2) is 24.2 Å². The van der Waals surface area contributed by atoms with E-state index in [1.165, 1.54) is 0 Å². The fourth-order valence-corrected chi connectivity index (χ4v) is 4.93. The van der Waals surface area contributed by atoms with Crippen LogP contribution in [0.5, 0.6) is 0 Å². The van der Waals surface area contributed by atoms with Crippen LogP contribution < -0.4 is 4.72 Å². The topological polar surface area (TPSA) is 79.4 Å². The smallest absolute Gasteiger partial charge is 0.261 e. The molecule has 0 saturated carbocycles. The molecule has 4 aromatic rings. The minimum Gasteiger partial charge on any atom is -0.330 e. The van der Waals surface area contributed by atoms with Crippen LogP contribution >= 0.6 is 0 Å². The van der Waals surface area contributed by atoms with Crippen molar-refractivity contribution in [3.63, 3.8) is 0 Å². The predicted octanol–water partition coefficient (Wildman–Crippen LogP) is 5.29. The maximum absolute atomic E-state index is 13.8. The van der Waals surface area contributed by atoms with Crippen molar-refractivity contribution in [1.82, 2.24) is 9.88 Å². The number of nitrogens with zero attached hydrogens (tertiary/aromatic N) is 2. The lowest BCUT2D eigenvalue weighted by molar-refractivity contribution is 0.0731. The molecule has 0 unspecified atom stereocenters. The van der Waals surface area contributed by atoms with Crippen molar-refractivity contribution in [2.24, 2.45) is 0 Å². The monoisotopic (exact) mass is 485 g/mol. The van der Waals surface area contributed by atoms with Crippen LogP contribution in [0.3, 0.4) is 0 Å². The van der Waals surface area contributed by atoms with Crippen LogP contribution in [0.4, 0.5) is 5.69 Å². The van der Waals surface area contributed by atoms with Crippen LogP contribution in [0.2, 0.25) is 0 Å². The minimum atomic E-state index is -3.88. The molecular weight excluding hydrogens is 458 g/mol. The first-order chi connectivity index (χ1) is 17.0. The number of anilines is 1. The van der Waals surface area contributed by atoms with E-state index >= 15 is 0 Å². The quantitative estimate of drug-likeness (QED) is 0.349. The van der Waals surface area contributed by atoms with Crippen molar-refractivity contribution in [3.8, 4) is 0 Å². The Balaban J connectivity index is 1.66. The summed E-state index contributed by atoms with van der Waals surface area (Å²) in [6, 6.07) is 26.9. The van der Waals surface area contributed by atoms with Gasteiger partial charge < -0.3 is 4.90 Å². The van der Waals surface area contributed by atoms with Gasteiger partial charge in [0.05, 0.1) is 16.1 Å². The van der Waals surface area contributed by atoms with Gasteiger partial charge in [-0.25, -0.2) is 8.42 Å². The number of pyridine rings is 1. The van der Waals surface area contributed by atoms with Gasteiger partial charge in [0.2, 0.25) is 0 Å². The van der Waals surface area contributed by atoms with Gasteiger partial charge in [-0.1, -0.05) is 67.6 Å². The Morgan fingerprint density at radius 2 is 1.51 bits per heavy atom. The summed E-state index contributed by atoms with van der Waals surface area (Å²) in [6.45, 7) is 2.67. The van der Waals surface area contributed by atoms with Crippen molar-refractivity contribution in [2.75, 3.05) is 4.72 Å². The van der Waals surface area contributed by atoms with Crippen LogP contribution in [0.15, 0.2) is 108 Å². The van der Waals surface area contributed by atoms with Gasteiger partial charge in [-0.2, -0.15) is 0 Å². The predicted molar refractivity (Wildman–Crippen MR) is 137 cm³/mol. The Kier molecular flexibility index (Phi) is 7.57. The number of hydrogen-bond donors (Lipinski definition) is 1. The highest BCUT2D eigenvalue weighted by Crippen LogP contribution is 2.24. The van der Waals surface area contributed by atoms with E-state index in [2.05, 4.69) is 9.71 Å². The van der Waals surface area contributed by atoms with Crippen molar-refractivity contribution < 1.29 is 13.2 Å².